The van der Waals surface area contributed by atoms with Crippen LogP contribution in [0.1, 0.15) is 6.42 Å². The summed E-state index contributed by atoms with van der Waals surface area (Å²) in [6.45, 7) is 1.05. The van der Waals surface area contributed by atoms with Crippen molar-refractivity contribution in [3.8, 4) is 0 Å². The Hall–Kier alpha value is -0.820. The average Bonchev–Trinajstić information content (AvgIpc) is 2.68. The third-order valence-electron chi connectivity index (χ3n) is 2.55. The Morgan fingerprint density at radius 2 is 2.12 bits per heavy atom. The van der Waals surface area contributed by atoms with Gasteiger partial charge in [-0.3, -0.25) is 0 Å². The highest BCUT2D eigenvalue weighted by Gasteiger charge is 2.24. The number of anilines is 1. The van der Waals surface area contributed by atoms with Crippen LogP contribution in [-0.2, 0) is 0 Å². The number of nitrogens with one attached hydrogen (secondary N) is 1. The highest BCUT2D eigenvalue weighted by molar-refractivity contribution is 14.1. The van der Waals surface area contributed by atoms with Crippen LogP contribution in [0.5, 0.6) is 0 Å². The molecule has 0 saturated carbocycles. The molecule has 0 bridgehead atoms. The lowest BCUT2D eigenvalue weighted by Gasteiger charge is -2.16. The van der Waals surface area contributed by atoms with Crippen LogP contribution in [0, 0.1) is 3.57 Å². The number of benzene rings is 1. The van der Waals surface area contributed by atoms with Gasteiger partial charge in [-0.2, -0.15) is 0 Å². The third-order valence-corrected chi connectivity index (χ3v) is 3.27. The fourth-order valence-electron chi connectivity index (χ4n) is 1.66. The molecular weight excluding hydrogens is 319 g/mol. The molecule has 1 heterocycles. The number of nitrogens with zero attached hydrogens (tertiary/aromatic N) is 1. The van der Waals surface area contributed by atoms with E-state index in [0.29, 0.717) is 19.5 Å². The van der Waals surface area contributed by atoms with Crippen molar-refractivity contribution in [2.24, 2.45) is 0 Å². The molecule has 2 N–H and O–H groups in total. The summed E-state index contributed by atoms with van der Waals surface area (Å²) in [5.41, 5.74) is 0.784. The summed E-state index contributed by atoms with van der Waals surface area (Å²) in [6.07, 6.45) is 0.294. The zero-order valence-electron chi connectivity index (χ0n) is 8.69. The Kier molecular flexibility index (Phi) is 3.65. The van der Waals surface area contributed by atoms with Gasteiger partial charge in [-0.15, -0.1) is 0 Å². The van der Waals surface area contributed by atoms with Gasteiger partial charge in [-0.05, 0) is 53.3 Å². The number of halogens is 1. The lowest BCUT2D eigenvalue weighted by molar-refractivity contribution is 0.176. The summed E-state index contributed by atoms with van der Waals surface area (Å²) in [5.74, 6) is 0. The van der Waals surface area contributed by atoms with E-state index in [-0.39, 0.29) is 12.1 Å². The lowest BCUT2D eigenvalue weighted by atomic mass is 10.3. The molecule has 0 aromatic heterocycles. The average molecular weight is 332 g/mol. The van der Waals surface area contributed by atoms with Gasteiger partial charge in [-0.25, -0.2) is 4.79 Å². The molecule has 0 spiro atoms. The van der Waals surface area contributed by atoms with Crippen LogP contribution in [0.3, 0.4) is 0 Å². The van der Waals surface area contributed by atoms with E-state index in [9.17, 15) is 9.90 Å². The Bertz CT molecular complexity index is 380. The minimum atomic E-state index is -0.373. The molecule has 16 heavy (non-hydrogen) atoms. The maximum atomic E-state index is 11.7. The van der Waals surface area contributed by atoms with Crippen LogP contribution >= 0.6 is 22.6 Å². The van der Waals surface area contributed by atoms with E-state index >= 15 is 0 Å². The molecule has 1 saturated heterocycles. The van der Waals surface area contributed by atoms with Crippen molar-refractivity contribution < 1.29 is 9.90 Å². The molecule has 1 fully saturated rings. The highest BCUT2D eigenvalue weighted by atomic mass is 127. The number of aliphatic hydroxyl groups is 1. The van der Waals surface area contributed by atoms with Crippen molar-refractivity contribution in [2.45, 2.75) is 12.5 Å². The van der Waals surface area contributed by atoms with E-state index in [1.165, 1.54) is 0 Å². The second kappa shape index (κ2) is 5.01. The number of hydrogen-bond acceptors (Lipinski definition) is 2. The number of hydrogen-bond donors (Lipinski definition) is 2. The quantitative estimate of drug-likeness (QED) is 0.772. The number of carbonyl (C=O) groups is 1. The van der Waals surface area contributed by atoms with Crippen molar-refractivity contribution >= 4 is 34.3 Å². The van der Waals surface area contributed by atoms with Crippen molar-refractivity contribution in [1.29, 1.82) is 0 Å². The van der Waals surface area contributed by atoms with Crippen molar-refractivity contribution in [1.82, 2.24) is 4.90 Å². The van der Waals surface area contributed by atoms with Gasteiger partial charge in [0.05, 0.1) is 6.10 Å². The van der Waals surface area contributed by atoms with Crippen molar-refractivity contribution in [3.05, 3.63) is 27.8 Å². The topological polar surface area (TPSA) is 52.6 Å². The monoisotopic (exact) mass is 332 g/mol. The largest absolute Gasteiger partial charge is 0.391 e. The number of carbonyl (C=O) groups excluding carboxylic acids is 1. The van der Waals surface area contributed by atoms with Gasteiger partial charge < -0.3 is 15.3 Å². The number of rotatable bonds is 1. The number of likely N-dealkylation sites (tertiary alicyclic amines) is 1. The first kappa shape index (κ1) is 11.7. The zero-order chi connectivity index (χ0) is 11.5. The first-order chi connectivity index (χ1) is 7.65. The van der Waals surface area contributed by atoms with Crippen LogP contribution in [0.25, 0.3) is 0 Å². The highest BCUT2D eigenvalue weighted by Crippen LogP contribution is 2.14. The first-order valence-corrected chi connectivity index (χ1v) is 6.22. The summed E-state index contributed by atoms with van der Waals surface area (Å²) < 4.78 is 1.13. The summed E-state index contributed by atoms with van der Waals surface area (Å²) >= 11 is 2.21. The molecule has 1 aliphatic rings. The Labute approximate surface area is 108 Å². The number of β-amino-alcohol motifs (C(OH)–C–C–N with tert-alkyl or cyclic N) is 1. The second-order valence-electron chi connectivity index (χ2n) is 3.83. The van der Waals surface area contributed by atoms with Gasteiger partial charge in [0, 0.05) is 22.3 Å². The molecule has 2 amide bonds. The molecular formula is C11H13IN2O2. The standard InChI is InChI=1S/C11H13IN2O2/c12-8-1-3-9(4-2-8)13-11(16)14-6-5-10(15)7-14/h1-4,10,15H,5-7H2,(H,13,16)/t10-/m1/s1. The van der Waals surface area contributed by atoms with Gasteiger partial charge in [0.15, 0.2) is 0 Å². The van der Waals surface area contributed by atoms with Crippen LogP contribution < -0.4 is 5.32 Å². The van der Waals surface area contributed by atoms with Crippen molar-refractivity contribution in [3.63, 3.8) is 0 Å². The summed E-state index contributed by atoms with van der Waals surface area (Å²) in [5, 5.41) is 12.1. The molecule has 0 radical (unpaired) electrons. The zero-order valence-corrected chi connectivity index (χ0v) is 10.8. The van der Waals surface area contributed by atoms with Crippen LogP contribution in [-0.4, -0.2) is 35.2 Å². The van der Waals surface area contributed by atoms with E-state index in [1.807, 2.05) is 24.3 Å². The fraction of sp³-hybridized carbons (Fsp3) is 0.364. The van der Waals surface area contributed by atoms with Gasteiger partial charge in [0.1, 0.15) is 0 Å². The van der Waals surface area contributed by atoms with Crippen LogP contribution in [0.2, 0.25) is 0 Å². The predicted molar refractivity (Wildman–Crippen MR) is 70.4 cm³/mol. The molecule has 86 valence electrons. The molecule has 4 nitrogen and oxygen atoms in total. The molecule has 5 heteroatoms. The Morgan fingerprint density at radius 1 is 1.44 bits per heavy atom. The molecule has 1 aromatic carbocycles. The normalized spacial score (nSPS) is 19.9. The summed E-state index contributed by atoms with van der Waals surface area (Å²) in [7, 11) is 0. The molecule has 0 unspecified atom stereocenters. The Morgan fingerprint density at radius 3 is 2.69 bits per heavy atom. The fourth-order valence-corrected chi connectivity index (χ4v) is 2.02. The summed E-state index contributed by atoms with van der Waals surface area (Å²) in [4.78, 5) is 13.4. The van der Waals surface area contributed by atoms with Crippen molar-refractivity contribution in [2.75, 3.05) is 18.4 Å². The van der Waals surface area contributed by atoms with Gasteiger partial charge >= 0.3 is 6.03 Å². The predicted octanol–water partition coefficient (Wildman–Crippen LogP) is 1.89. The van der Waals surface area contributed by atoms with E-state index in [0.717, 1.165) is 9.26 Å². The molecule has 1 aromatic rings. The van der Waals surface area contributed by atoms with Crippen LogP contribution in [0.15, 0.2) is 24.3 Å². The SMILES string of the molecule is O=C(Nc1ccc(I)cc1)N1CC[C@@H](O)C1. The smallest absolute Gasteiger partial charge is 0.321 e. The van der Waals surface area contributed by atoms with E-state index in [1.54, 1.807) is 4.90 Å². The Balaban J connectivity index is 1.94. The number of urea groups is 1. The van der Waals surface area contributed by atoms with E-state index < -0.39 is 0 Å². The van der Waals surface area contributed by atoms with Gasteiger partial charge in [-0.1, -0.05) is 0 Å². The molecule has 0 aliphatic carbocycles. The maximum absolute atomic E-state index is 11.7. The van der Waals surface area contributed by atoms with E-state index in [2.05, 4.69) is 27.9 Å². The minimum Gasteiger partial charge on any atom is -0.391 e. The van der Waals surface area contributed by atoms with Gasteiger partial charge in [0.25, 0.3) is 0 Å². The maximum Gasteiger partial charge on any atom is 0.321 e. The molecule has 1 atom stereocenters. The molecule has 1 aliphatic heterocycles. The molecule has 2 rings (SSSR count). The minimum absolute atomic E-state index is 0.141. The lowest BCUT2D eigenvalue weighted by Crippen LogP contribution is -2.33. The second-order valence-corrected chi connectivity index (χ2v) is 5.07. The van der Waals surface area contributed by atoms with Crippen LogP contribution in [0.4, 0.5) is 10.5 Å². The summed E-state index contributed by atoms with van der Waals surface area (Å²) in [6, 6.07) is 7.47. The number of aliphatic hydroxyl groups excluding tert-OH is 1. The first-order valence-electron chi connectivity index (χ1n) is 5.15. The number of amides is 2. The van der Waals surface area contributed by atoms with Gasteiger partial charge in [0.2, 0.25) is 0 Å². The third kappa shape index (κ3) is 2.85. The van der Waals surface area contributed by atoms with E-state index in [4.69, 9.17) is 0 Å².